The number of carbonyl (C=O) groups is 2. The van der Waals surface area contributed by atoms with Crippen LogP contribution in [0.4, 0.5) is 13.2 Å². The van der Waals surface area contributed by atoms with Crippen molar-refractivity contribution >= 4 is 11.8 Å². The van der Waals surface area contributed by atoms with Gasteiger partial charge in [0.05, 0.1) is 5.60 Å². The molecular formula is C27H31F3N2O4. The highest BCUT2D eigenvalue weighted by Gasteiger charge is 2.42. The maximum atomic E-state index is 13.4. The van der Waals surface area contributed by atoms with E-state index in [2.05, 4.69) is 4.74 Å². The van der Waals surface area contributed by atoms with Gasteiger partial charge < -0.3 is 19.3 Å². The highest BCUT2D eigenvalue weighted by molar-refractivity contribution is 5.97. The van der Waals surface area contributed by atoms with Crippen LogP contribution in [-0.4, -0.2) is 66.4 Å². The molecule has 0 N–H and O–H groups in total. The van der Waals surface area contributed by atoms with Crippen molar-refractivity contribution in [2.75, 3.05) is 26.7 Å². The highest BCUT2D eigenvalue weighted by Crippen LogP contribution is 2.37. The van der Waals surface area contributed by atoms with E-state index in [0.29, 0.717) is 43.7 Å². The number of alkyl halides is 3. The second kappa shape index (κ2) is 10.1. The van der Waals surface area contributed by atoms with Gasteiger partial charge in [-0.2, -0.15) is 0 Å². The van der Waals surface area contributed by atoms with Crippen LogP contribution >= 0.6 is 0 Å². The Kier molecular flexibility index (Phi) is 7.31. The summed E-state index contributed by atoms with van der Waals surface area (Å²) >= 11 is 0. The molecule has 2 amide bonds. The summed E-state index contributed by atoms with van der Waals surface area (Å²) in [6.45, 7) is 5.14. The maximum absolute atomic E-state index is 13.4. The predicted molar refractivity (Wildman–Crippen MR) is 129 cm³/mol. The molecule has 1 spiro atoms. The van der Waals surface area contributed by atoms with Crippen molar-refractivity contribution in [1.82, 2.24) is 9.80 Å². The van der Waals surface area contributed by atoms with Crippen LogP contribution in [0.3, 0.4) is 0 Å². The van der Waals surface area contributed by atoms with Crippen LogP contribution in [0.1, 0.15) is 48.5 Å². The van der Waals surface area contributed by atoms with Gasteiger partial charge in [0.25, 0.3) is 5.91 Å². The highest BCUT2D eigenvalue weighted by atomic mass is 19.4. The minimum Gasteiger partial charge on any atom is -0.406 e. The summed E-state index contributed by atoms with van der Waals surface area (Å²) in [4.78, 5) is 28.9. The number of ether oxygens (including phenoxy) is 2. The zero-order valence-corrected chi connectivity index (χ0v) is 20.7. The largest absolute Gasteiger partial charge is 0.573 e. The minimum absolute atomic E-state index is 0.0440. The molecule has 6 nitrogen and oxygen atoms in total. The number of halogens is 3. The molecule has 4 rings (SSSR count). The second-order valence-corrected chi connectivity index (χ2v) is 9.65. The van der Waals surface area contributed by atoms with Gasteiger partial charge in [0, 0.05) is 45.3 Å². The third-order valence-corrected chi connectivity index (χ3v) is 7.44. The molecule has 36 heavy (non-hydrogen) atoms. The number of hydrogen-bond acceptors (Lipinski definition) is 4. The molecule has 2 aromatic carbocycles. The quantitative estimate of drug-likeness (QED) is 0.575. The maximum Gasteiger partial charge on any atom is 0.573 e. The summed E-state index contributed by atoms with van der Waals surface area (Å²) in [7, 11) is 1.83. The fourth-order valence-electron chi connectivity index (χ4n) is 5.24. The number of benzene rings is 2. The topological polar surface area (TPSA) is 59.1 Å². The average Bonchev–Trinajstić information content (AvgIpc) is 2.83. The third kappa shape index (κ3) is 5.67. The number of amides is 2. The Morgan fingerprint density at radius 1 is 1.11 bits per heavy atom. The van der Waals surface area contributed by atoms with Crippen LogP contribution in [0.2, 0.25) is 0 Å². The number of carbonyl (C=O) groups excluding carboxylic acids is 2. The number of nitrogens with zero attached hydrogens (tertiary/aromatic N) is 2. The van der Waals surface area contributed by atoms with E-state index in [1.54, 1.807) is 36.1 Å². The molecule has 0 radical (unpaired) electrons. The van der Waals surface area contributed by atoms with E-state index in [1.807, 2.05) is 24.9 Å². The van der Waals surface area contributed by atoms with Crippen molar-refractivity contribution in [3.63, 3.8) is 0 Å². The first kappa shape index (κ1) is 26.0. The van der Waals surface area contributed by atoms with Gasteiger partial charge >= 0.3 is 6.36 Å². The molecule has 1 atom stereocenters. The fraction of sp³-hybridized carbons (Fsp3) is 0.481. The summed E-state index contributed by atoms with van der Waals surface area (Å²) in [6.07, 6.45) is -1.74. The van der Waals surface area contributed by atoms with Gasteiger partial charge in [-0.05, 0) is 67.5 Å². The van der Waals surface area contributed by atoms with Crippen molar-refractivity contribution in [1.29, 1.82) is 0 Å². The molecule has 0 saturated carbocycles. The van der Waals surface area contributed by atoms with Crippen LogP contribution in [0.15, 0.2) is 42.5 Å². The average molecular weight is 505 g/mol. The lowest BCUT2D eigenvalue weighted by Crippen LogP contribution is -2.54. The van der Waals surface area contributed by atoms with E-state index in [0.717, 1.165) is 24.0 Å². The molecule has 2 fully saturated rings. The zero-order chi connectivity index (χ0) is 26.1. The lowest BCUT2D eigenvalue weighted by Gasteiger charge is -2.47. The van der Waals surface area contributed by atoms with Crippen molar-refractivity contribution < 1.29 is 32.2 Å². The number of rotatable bonds is 4. The van der Waals surface area contributed by atoms with E-state index in [4.69, 9.17) is 4.74 Å². The molecule has 0 bridgehead atoms. The molecule has 2 aliphatic heterocycles. The third-order valence-electron chi connectivity index (χ3n) is 7.44. The summed E-state index contributed by atoms with van der Waals surface area (Å²) in [5.74, 6) is -0.322. The first-order valence-electron chi connectivity index (χ1n) is 12.1. The van der Waals surface area contributed by atoms with Gasteiger partial charge in [-0.3, -0.25) is 9.59 Å². The van der Waals surface area contributed by atoms with Gasteiger partial charge in [-0.1, -0.05) is 24.3 Å². The first-order valence-corrected chi connectivity index (χ1v) is 12.1. The Labute approximate surface area is 209 Å². The Bertz CT molecular complexity index is 1110. The van der Waals surface area contributed by atoms with E-state index in [-0.39, 0.29) is 29.2 Å². The first-order chi connectivity index (χ1) is 17.0. The summed E-state index contributed by atoms with van der Waals surface area (Å²) in [5, 5.41) is 0. The van der Waals surface area contributed by atoms with Crippen LogP contribution in [0.25, 0.3) is 11.1 Å². The summed E-state index contributed by atoms with van der Waals surface area (Å²) in [5.41, 5.74) is 2.49. The van der Waals surface area contributed by atoms with E-state index >= 15 is 0 Å². The van der Waals surface area contributed by atoms with E-state index < -0.39 is 6.36 Å². The van der Waals surface area contributed by atoms with Crippen LogP contribution in [0, 0.1) is 6.92 Å². The van der Waals surface area contributed by atoms with E-state index in [9.17, 15) is 22.8 Å². The Hall–Kier alpha value is -3.07. The molecular weight excluding hydrogens is 473 g/mol. The molecule has 2 aliphatic rings. The molecule has 0 aliphatic carbocycles. The second-order valence-electron chi connectivity index (χ2n) is 9.65. The molecule has 2 heterocycles. The van der Waals surface area contributed by atoms with Gasteiger partial charge in [-0.25, -0.2) is 0 Å². The predicted octanol–water partition coefficient (Wildman–Crippen LogP) is 5.19. The molecule has 2 aromatic rings. The molecule has 9 heteroatoms. The van der Waals surface area contributed by atoms with Crippen molar-refractivity contribution in [2.24, 2.45) is 0 Å². The van der Waals surface area contributed by atoms with Crippen LogP contribution in [-0.2, 0) is 9.53 Å². The van der Waals surface area contributed by atoms with Crippen molar-refractivity contribution in [3.05, 3.63) is 53.6 Å². The molecule has 194 valence electrons. The number of hydrogen-bond donors (Lipinski definition) is 0. The van der Waals surface area contributed by atoms with Crippen molar-refractivity contribution in [2.45, 2.75) is 57.5 Å². The number of likely N-dealkylation sites (tertiary alicyclic amines) is 1. The van der Waals surface area contributed by atoms with Crippen molar-refractivity contribution in [3.8, 4) is 16.9 Å². The van der Waals surface area contributed by atoms with Crippen LogP contribution in [0.5, 0.6) is 5.75 Å². The van der Waals surface area contributed by atoms with Gasteiger partial charge in [0.2, 0.25) is 5.91 Å². The van der Waals surface area contributed by atoms with Gasteiger partial charge in [-0.15, -0.1) is 13.2 Å². The van der Waals surface area contributed by atoms with Gasteiger partial charge in [0.15, 0.2) is 0 Å². The lowest BCUT2D eigenvalue weighted by molar-refractivity contribution is -0.274. The normalized spacial score (nSPS) is 19.7. The minimum atomic E-state index is -4.75. The molecule has 0 aromatic heterocycles. The summed E-state index contributed by atoms with van der Waals surface area (Å²) < 4.78 is 47.5. The van der Waals surface area contributed by atoms with Gasteiger partial charge in [0.1, 0.15) is 5.75 Å². The lowest BCUT2D eigenvalue weighted by atomic mass is 9.81. The standard InChI is InChI=1S/C27H31F3N2O4/c1-18-23(20-7-9-22(10-8-20)36-27(28,29)30)5-4-6-24(18)25(34)32-14-12-26(13-15-32)17-21(11-16-35-26)31(3)19(2)33/h4-10,21H,11-17H2,1-3H3/t21-/m1/s1. The molecule has 2 saturated heterocycles. The summed E-state index contributed by atoms with van der Waals surface area (Å²) in [6, 6.07) is 11.2. The Balaban J connectivity index is 1.45. The van der Waals surface area contributed by atoms with Crippen LogP contribution < -0.4 is 4.74 Å². The molecule has 0 unspecified atom stereocenters. The SMILES string of the molecule is CC(=O)N(C)[C@@H]1CCOC2(CCN(C(=O)c3cccc(-c4ccc(OC(F)(F)F)cc4)c3C)CC2)C1. The Morgan fingerprint density at radius 2 is 1.78 bits per heavy atom. The number of piperidine rings is 1. The fourth-order valence-corrected chi connectivity index (χ4v) is 5.24. The monoisotopic (exact) mass is 504 g/mol. The smallest absolute Gasteiger partial charge is 0.406 e. The zero-order valence-electron chi connectivity index (χ0n) is 20.7. The van der Waals surface area contributed by atoms with E-state index in [1.165, 1.54) is 12.1 Å². The Morgan fingerprint density at radius 3 is 2.39 bits per heavy atom.